The lowest BCUT2D eigenvalue weighted by molar-refractivity contribution is -0.151. The van der Waals surface area contributed by atoms with Gasteiger partial charge in [-0.05, 0) is 38.1 Å². The van der Waals surface area contributed by atoms with Crippen molar-refractivity contribution in [1.29, 1.82) is 0 Å². The number of hydrogen-bond donors (Lipinski definition) is 1. The number of ether oxygens (including phenoxy) is 1. The zero-order chi connectivity index (χ0) is 12.5. The first-order chi connectivity index (χ1) is 8.05. The van der Waals surface area contributed by atoms with Gasteiger partial charge in [-0.3, -0.25) is 0 Å². The molecule has 2 rings (SSSR count). The topological polar surface area (TPSA) is 32.7 Å². The lowest BCUT2D eigenvalue weighted by Crippen LogP contribution is -2.51. The summed E-state index contributed by atoms with van der Waals surface area (Å²) in [4.78, 5) is 2.29. The van der Waals surface area contributed by atoms with Crippen molar-refractivity contribution in [3.63, 3.8) is 0 Å². The van der Waals surface area contributed by atoms with Crippen molar-refractivity contribution in [2.45, 2.75) is 32.0 Å². The molecule has 0 bridgehead atoms. The van der Waals surface area contributed by atoms with E-state index in [1.807, 2.05) is 18.2 Å². The van der Waals surface area contributed by atoms with E-state index in [0.717, 1.165) is 25.1 Å². The summed E-state index contributed by atoms with van der Waals surface area (Å²) in [6, 6.07) is 7.43. The van der Waals surface area contributed by atoms with E-state index in [4.69, 9.17) is 4.74 Å². The minimum Gasteiger partial charge on any atom is -0.508 e. The molecule has 0 saturated carbocycles. The van der Waals surface area contributed by atoms with E-state index >= 15 is 0 Å². The first-order valence-electron chi connectivity index (χ1n) is 6.21. The molecule has 17 heavy (non-hydrogen) atoms. The van der Waals surface area contributed by atoms with E-state index in [-0.39, 0.29) is 11.7 Å². The summed E-state index contributed by atoms with van der Waals surface area (Å²) in [5.41, 5.74) is 0.781. The second kappa shape index (κ2) is 4.67. The number of nitrogens with zero attached hydrogens (tertiary/aromatic N) is 1. The van der Waals surface area contributed by atoms with Crippen LogP contribution in [0.1, 0.15) is 25.8 Å². The molecule has 1 aromatic carbocycles. The van der Waals surface area contributed by atoms with Crippen LogP contribution in [0.4, 0.5) is 0 Å². The zero-order valence-corrected chi connectivity index (χ0v) is 10.8. The van der Waals surface area contributed by atoms with Gasteiger partial charge in [0.05, 0.1) is 6.10 Å². The van der Waals surface area contributed by atoms with Gasteiger partial charge in [-0.1, -0.05) is 19.1 Å². The molecule has 2 atom stereocenters. The maximum absolute atomic E-state index is 9.62. The minimum absolute atomic E-state index is 0.219. The van der Waals surface area contributed by atoms with Crippen LogP contribution in [0, 0.1) is 0 Å². The van der Waals surface area contributed by atoms with Crippen LogP contribution in [0.25, 0.3) is 0 Å². The summed E-state index contributed by atoms with van der Waals surface area (Å²) in [6.45, 7) is 6.07. The molecule has 3 nitrogen and oxygen atoms in total. The van der Waals surface area contributed by atoms with Crippen molar-refractivity contribution in [1.82, 2.24) is 4.90 Å². The molecule has 0 aromatic heterocycles. The van der Waals surface area contributed by atoms with E-state index in [1.54, 1.807) is 6.07 Å². The molecule has 1 aliphatic rings. The monoisotopic (exact) mass is 235 g/mol. The van der Waals surface area contributed by atoms with Crippen molar-refractivity contribution in [2.75, 3.05) is 20.1 Å². The van der Waals surface area contributed by atoms with Crippen LogP contribution in [-0.2, 0) is 10.3 Å². The minimum atomic E-state index is -0.287. The Morgan fingerprint density at radius 1 is 1.53 bits per heavy atom. The molecule has 1 N–H and O–H groups in total. The van der Waals surface area contributed by atoms with Gasteiger partial charge in [-0.2, -0.15) is 0 Å². The number of hydrogen-bond acceptors (Lipinski definition) is 3. The maximum Gasteiger partial charge on any atom is 0.115 e. The number of phenols is 1. The molecule has 1 heterocycles. The number of morpholine rings is 1. The van der Waals surface area contributed by atoms with Crippen LogP contribution < -0.4 is 0 Å². The number of rotatable bonds is 2. The molecular formula is C14H21NO2. The quantitative estimate of drug-likeness (QED) is 0.854. The Balaban J connectivity index is 2.36. The lowest BCUT2D eigenvalue weighted by atomic mass is 9.88. The summed E-state index contributed by atoms with van der Waals surface area (Å²) in [5.74, 6) is 0.305. The first-order valence-corrected chi connectivity index (χ1v) is 6.21. The Hall–Kier alpha value is -1.06. The molecule has 0 amide bonds. The van der Waals surface area contributed by atoms with Crippen LogP contribution in [0.2, 0.25) is 0 Å². The van der Waals surface area contributed by atoms with Crippen LogP contribution in [0.3, 0.4) is 0 Å². The summed E-state index contributed by atoms with van der Waals surface area (Å²) in [6.07, 6.45) is 1.13. The third-order valence-electron chi connectivity index (χ3n) is 3.46. The van der Waals surface area contributed by atoms with E-state index in [2.05, 4.69) is 25.8 Å². The van der Waals surface area contributed by atoms with E-state index < -0.39 is 0 Å². The van der Waals surface area contributed by atoms with Gasteiger partial charge in [0.15, 0.2) is 0 Å². The molecular weight excluding hydrogens is 214 g/mol. The second-order valence-electron chi connectivity index (χ2n) is 5.02. The van der Waals surface area contributed by atoms with Crippen molar-refractivity contribution in [3.8, 4) is 5.75 Å². The Labute approximate surface area is 103 Å². The van der Waals surface area contributed by atoms with Crippen LogP contribution >= 0.6 is 0 Å². The molecule has 94 valence electrons. The van der Waals surface area contributed by atoms with Gasteiger partial charge in [-0.15, -0.1) is 0 Å². The highest BCUT2D eigenvalue weighted by atomic mass is 16.5. The fourth-order valence-corrected chi connectivity index (χ4v) is 2.75. The molecule has 0 radical (unpaired) electrons. The van der Waals surface area contributed by atoms with Gasteiger partial charge in [0, 0.05) is 13.1 Å². The van der Waals surface area contributed by atoms with E-state index in [1.165, 1.54) is 0 Å². The fourth-order valence-electron chi connectivity index (χ4n) is 2.75. The zero-order valence-electron chi connectivity index (χ0n) is 10.8. The largest absolute Gasteiger partial charge is 0.508 e. The molecule has 1 unspecified atom stereocenters. The lowest BCUT2D eigenvalue weighted by Gasteiger charge is -2.44. The Morgan fingerprint density at radius 2 is 2.29 bits per heavy atom. The standard InChI is InChI=1S/C14H21NO2/c1-4-14(10-15(3)9-11(2)17-14)12-6-5-7-13(16)8-12/h5-8,11,16H,4,9-10H2,1-3H3/t11-,14?/m1/s1. The average molecular weight is 235 g/mol. The van der Waals surface area contributed by atoms with Crippen LogP contribution in [0.15, 0.2) is 24.3 Å². The second-order valence-corrected chi connectivity index (χ2v) is 5.02. The normalized spacial score (nSPS) is 30.4. The molecule has 1 aliphatic heterocycles. The molecule has 1 saturated heterocycles. The van der Waals surface area contributed by atoms with Crippen LogP contribution in [0.5, 0.6) is 5.75 Å². The van der Waals surface area contributed by atoms with Crippen LogP contribution in [-0.4, -0.2) is 36.2 Å². The van der Waals surface area contributed by atoms with Crippen molar-refractivity contribution in [3.05, 3.63) is 29.8 Å². The van der Waals surface area contributed by atoms with Gasteiger partial charge >= 0.3 is 0 Å². The highest BCUT2D eigenvalue weighted by Crippen LogP contribution is 2.35. The van der Waals surface area contributed by atoms with E-state index in [0.29, 0.717) is 5.75 Å². The fraction of sp³-hybridized carbons (Fsp3) is 0.571. The van der Waals surface area contributed by atoms with Gasteiger partial charge in [0.1, 0.15) is 11.4 Å². The van der Waals surface area contributed by atoms with Gasteiger partial charge < -0.3 is 14.7 Å². The average Bonchev–Trinajstić information content (AvgIpc) is 2.27. The highest BCUT2D eigenvalue weighted by molar-refractivity contribution is 5.32. The van der Waals surface area contributed by atoms with Crippen molar-refractivity contribution >= 4 is 0 Å². The summed E-state index contributed by atoms with van der Waals surface area (Å²) in [5, 5.41) is 9.62. The predicted octanol–water partition coefficient (Wildman–Crippen LogP) is 2.35. The van der Waals surface area contributed by atoms with Crippen molar-refractivity contribution in [2.24, 2.45) is 0 Å². The SMILES string of the molecule is CCC1(c2cccc(O)c2)CN(C)C[C@@H](C)O1. The Bertz CT molecular complexity index is 382. The first kappa shape index (κ1) is 12.4. The number of likely N-dealkylation sites (N-methyl/N-ethyl adjacent to an activating group) is 1. The maximum atomic E-state index is 9.62. The number of benzene rings is 1. The summed E-state index contributed by atoms with van der Waals surface area (Å²) < 4.78 is 6.18. The van der Waals surface area contributed by atoms with E-state index in [9.17, 15) is 5.11 Å². The predicted molar refractivity (Wildman–Crippen MR) is 68.1 cm³/mol. The third kappa shape index (κ3) is 2.45. The molecule has 1 aromatic rings. The summed E-state index contributed by atoms with van der Waals surface area (Å²) in [7, 11) is 2.12. The smallest absolute Gasteiger partial charge is 0.115 e. The molecule has 1 fully saturated rings. The summed E-state index contributed by atoms with van der Waals surface area (Å²) >= 11 is 0. The Morgan fingerprint density at radius 3 is 2.88 bits per heavy atom. The number of phenolic OH excluding ortho intramolecular Hbond substituents is 1. The van der Waals surface area contributed by atoms with Crippen molar-refractivity contribution < 1.29 is 9.84 Å². The Kier molecular flexibility index (Phi) is 3.40. The molecule has 0 aliphatic carbocycles. The van der Waals surface area contributed by atoms with Gasteiger partial charge in [0.25, 0.3) is 0 Å². The number of aromatic hydroxyl groups is 1. The highest BCUT2D eigenvalue weighted by Gasteiger charge is 2.38. The van der Waals surface area contributed by atoms with Gasteiger partial charge in [-0.25, -0.2) is 0 Å². The third-order valence-corrected chi connectivity index (χ3v) is 3.46. The van der Waals surface area contributed by atoms with Gasteiger partial charge in [0.2, 0.25) is 0 Å². The molecule has 0 spiro atoms. The molecule has 3 heteroatoms.